The Morgan fingerprint density at radius 3 is 2.59 bits per heavy atom. The summed E-state index contributed by atoms with van der Waals surface area (Å²) in [7, 11) is 0. The highest BCUT2D eigenvalue weighted by Crippen LogP contribution is 2.69. The SMILES string of the molecule is CC/C=C\C(=O)/C=C1\C[C@@]2(F)[C@@H](O)C[C@@]3(C)[C@@H](C[C@H]4O[C@@H](c5ccccc5)O[C@]43C(=O)CO)[C@@H]2C[C@@H]1F. The van der Waals surface area contributed by atoms with Crippen molar-refractivity contribution in [3.63, 3.8) is 0 Å². The third-order valence-corrected chi connectivity index (χ3v) is 9.26. The van der Waals surface area contributed by atoms with Gasteiger partial charge in [-0.15, -0.1) is 0 Å². The van der Waals surface area contributed by atoms with Crippen LogP contribution in [0.4, 0.5) is 8.78 Å². The molecule has 0 radical (unpaired) electrons. The molecule has 5 rings (SSSR count). The van der Waals surface area contributed by atoms with Crippen molar-refractivity contribution in [2.24, 2.45) is 17.3 Å². The van der Waals surface area contributed by atoms with Crippen molar-refractivity contribution < 1.29 is 38.1 Å². The lowest BCUT2D eigenvalue weighted by atomic mass is 9.50. The maximum absolute atomic E-state index is 16.7. The van der Waals surface area contributed by atoms with Crippen LogP contribution in [0.5, 0.6) is 0 Å². The molecule has 9 atom stereocenters. The lowest BCUT2D eigenvalue weighted by Crippen LogP contribution is -2.66. The first kappa shape index (κ1) is 26.4. The van der Waals surface area contributed by atoms with Gasteiger partial charge in [0.05, 0.1) is 12.2 Å². The van der Waals surface area contributed by atoms with E-state index in [4.69, 9.17) is 9.47 Å². The van der Waals surface area contributed by atoms with E-state index in [1.165, 1.54) is 6.08 Å². The molecule has 1 aromatic carbocycles. The number of allylic oxidation sites excluding steroid dienone is 4. The number of Topliss-reactive ketones (excluding diaryl/α,β-unsaturated/α-hetero) is 1. The Hall–Kier alpha value is -2.26. The first-order chi connectivity index (χ1) is 17.6. The van der Waals surface area contributed by atoms with Gasteiger partial charge in [-0.05, 0) is 49.3 Å². The van der Waals surface area contributed by atoms with Crippen LogP contribution in [0.2, 0.25) is 0 Å². The van der Waals surface area contributed by atoms with Crippen molar-refractivity contribution in [1.82, 2.24) is 0 Å². The molecular weight excluding hydrogens is 482 g/mol. The highest BCUT2D eigenvalue weighted by molar-refractivity contribution is 5.99. The third-order valence-electron chi connectivity index (χ3n) is 9.26. The monoisotopic (exact) mass is 516 g/mol. The number of ketones is 2. The van der Waals surface area contributed by atoms with Gasteiger partial charge in [0, 0.05) is 23.3 Å². The molecule has 1 heterocycles. The van der Waals surface area contributed by atoms with Crippen LogP contribution in [-0.2, 0) is 19.1 Å². The van der Waals surface area contributed by atoms with Crippen LogP contribution in [-0.4, -0.2) is 58.0 Å². The molecule has 8 heteroatoms. The zero-order chi connectivity index (χ0) is 26.6. The van der Waals surface area contributed by atoms with E-state index in [2.05, 4.69) is 0 Å². The van der Waals surface area contributed by atoms with Gasteiger partial charge in [0.1, 0.15) is 18.4 Å². The second-order valence-electron chi connectivity index (χ2n) is 11.1. The maximum Gasteiger partial charge on any atom is 0.193 e. The van der Waals surface area contributed by atoms with E-state index in [1.807, 2.05) is 37.3 Å². The van der Waals surface area contributed by atoms with E-state index in [-0.39, 0.29) is 24.8 Å². The minimum atomic E-state index is -2.16. The molecule has 0 spiro atoms. The number of carbonyl (C=O) groups is 2. The smallest absolute Gasteiger partial charge is 0.193 e. The predicted molar refractivity (Wildman–Crippen MR) is 131 cm³/mol. The van der Waals surface area contributed by atoms with Gasteiger partial charge in [0.15, 0.2) is 23.5 Å². The molecule has 0 amide bonds. The Morgan fingerprint density at radius 1 is 1.19 bits per heavy atom. The van der Waals surface area contributed by atoms with Crippen molar-refractivity contribution in [3.05, 3.63) is 59.7 Å². The number of fused-ring (bicyclic) bond motifs is 5. The fourth-order valence-electron chi connectivity index (χ4n) is 7.52. The average Bonchev–Trinajstić information content (AvgIpc) is 3.38. The fraction of sp³-hybridized carbons (Fsp3) is 0.586. The first-order valence-corrected chi connectivity index (χ1v) is 13.0. The van der Waals surface area contributed by atoms with Crippen LogP contribution < -0.4 is 0 Å². The molecule has 6 nitrogen and oxygen atoms in total. The number of hydrogen-bond acceptors (Lipinski definition) is 6. The summed E-state index contributed by atoms with van der Waals surface area (Å²) in [5.74, 6) is -2.44. The summed E-state index contributed by atoms with van der Waals surface area (Å²) >= 11 is 0. The van der Waals surface area contributed by atoms with Crippen LogP contribution in [0.3, 0.4) is 0 Å². The van der Waals surface area contributed by atoms with Gasteiger partial charge < -0.3 is 19.7 Å². The minimum Gasteiger partial charge on any atom is -0.390 e. The molecule has 1 aliphatic heterocycles. The van der Waals surface area contributed by atoms with Gasteiger partial charge in [-0.25, -0.2) is 8.78 Å². The summed E-state index contributed by atoms with van der Waals surface area (Å²) in [6, 6.07) is 9.10. The van der Waals surface area contributed by atoms with E-state index in [9.17, 15) is 19.8 Å². The quantitative estimate of drug-likeness (QED) is 0.553. The molecule has 4 aliphatic rings. The van der Waals surface area contributed by atoms with Gasteiger partial charge in [0.25, 0.3) is 0 Å². The number of halogens is 2. The molecular formula is C29H34F2O6. The van der Waals surface area contributed by atoms with E-state index >= 15 is 8.78 Å². The summed E-state index contributed by atoms with van der Waals surface area (Å²) < 4.78 is 44.7. The third kappa shape index (κ3) is 3.87. The Balaban J connectivity index is 1.50. The van der Waals surface area contributed by atoms with E-state index in [0.29, 0.717) is 12.0 Å². The normalized spacial score (nSPS) is 44.0. The number of aliphatic hydroxyl groups is 2. The van der Waals surface area contributed by atoms with Crippen molar-refractivity contribution in [3.8, 4) is 0 Å². The molecule has 4 fully saturated rings. The molecule has 0 bridgehead atoms. The van der Waals surface area contributed by atoms with E-state index in [1.54, 1.807) is 13.0 Å². The highest BCUT2D eigenvalue weighted by Gasteiger charge is 2.77. The van der Waals surface area contributed by atoms with Crippen LogP contribution in [0.1, 0.15) is 57.8 Å². The van der Waals surface area contributed by atoms with Crippen molar-refractivity contribution in [2.75, 3.05) is 6.61 Å². The molecule has 37 heavy (non-hydrogen) atoms. The maximum atomic E-state index is 16.7. The van der Waals surface area contributed by atoms with Crippen LogP contribution in [0, 0.1) is 17.3 Å². The van der Waals surface area contributed by atoms with Crippen molar-refractivity contribution in [1.29, 1.82) is 0 Å². The molecule has 3 aliphatic carbocycles. The summed E-state index contributed by atoms with van der Waals surface area (Å²) in [5, 5.41) is 21.2. The number of carbonyl (C=O) groups excluding carboxylic acids is 2. The largest absolute Gasteiger partial charge is 0.390 e. The molecule has 0 unspecified atom stereocenters. The molecule has 3 saturated carbocycles. The average molecular weight is 517 g/mol. The Morgan fingerprint density at radius 2 is 1.92 bits per heavy atom. The van der Waals surface area contributed by atoms with Crippen LogP contribution >= 0.6 is 0 Å². The Labute approximate surface area is 215 Å². The van der Waals surface area contributed by atoms with Gasteiger partial charge in [-0.1, -0.05) is 50.3 Å². The van der Waals surface area contributed by atoms with E-state index in [0.717, 1.165) is 6.08 Å². The molecule has 200 valence electrons. The van der Waals surface area contributed by atoms with Gasteiger partial charge >= 0.3 is 0 Å². The van der Waals surface area contributed by atoms with Gasteiger partial charge in [0.2, 0.25) is 0 Å². The summed E-state index contributed by atoms with van der Waals surface area (Å²) in [6.45, 7) is 2.84. The summed E-state index contributed by atoms with van der Waals surface area (Å²) in [6.07, 6.45) is -0.413. The topological polar surface area (TPSA) is 93.1 Å². The van der Waals surface area contributed by atoms with Crippen LogP contribution in [0.15, 0.2) is 54.1 Å². The highest BCUT2D eigenvalue weighted by atomic mass is 19.1. The van der Waals surface area contributed by atoms with Crippen molar-refractivity contribution >= 4 is 11.6 Å². The van der Waals surface area contributed by atoms with Crippen molar-refractivity contribution in [2.45, 2.75) is 81.9 Å². The number of ether oxygens (including phenoxy) is 2. The molecule has 1 saturated heterocycles. The molecule has 1 aromatic rings. The second-order valence-corrected chi connectivity index (χ2v) is 11.1. The fourth-order valence-corrected chi connectivity index (χ4v) is 7.52. The lowest BCUT2D eigenvalue weighted by molar-refractivity contribution is -0.217. The number of alkyl halides is 2. The first-order valence-electron chi connectivity index (χ1n) is 13.0. The Bertz CT molecular complexity index is 1120. The molecule has 2 N–H and O–H groups in total. The lowest BCUT2D eigenvalue weighted by Gasteiger charge is -2.57. The second kappa shape index (κ2) is 9.49. The van der Waals surface area contributed by atoms with Gasteiger partial charge in [-0.2, -0.15) is 0 Å². The summed E-state index contributed by atoms with van der Waals surface area (Å²) in [4.78, 5) is 25.6. The number of hydrogen-bond donors (Lipinski definition) is 2. The zero-order valence-corrected chi connectivity index (χ0v) is 21.1. The van der Waals surface area contributed by atoms with Crippen LogP contribution in [0.25, 0.3) is 0 Å². The Kier molecular flexibility index (Phi) is 6.76. The molecule has 0 aromatic heterocycles. The number of rotatable bonds is 6. The standard InChI is InChI=1S/C29H34F2O6/c1-3-4-10-19(33)11-18-14-28(31)21(12-22(18)30)20-13-25-29(24(35)16-32,27(20,2)15-23(28)34)37-26(36-25)17-8-6-5-7-9-17/h4-11,20-23,25-26,32,34H,3,12-16H2,1-2H3/b10-4-,18-11+/t20-,21-,22-,23-,25+,26+,27-,28-,29+/m0/s1. The minimum absolute atomic E-state index is 0.0446. The summed E-state index contributed by atoms with van der Waals surface area (Å²) in [5.41, 5.74) is -4.10. The number of benzene rings is 1. The zero-order valence-electron chi connectivity index (χ0n) is 21.1. The van der Waals surface area contributed by atoms with E-state index < -0.39 is 77.8 Å². The predicted octanol–water partition coefficient (Wildman–Crippen LogP) is 4.11. The number of aliphatic hydroxyl groups excluding tert-OH is 2. The van der Waals surface area contributed by atoms with Gasteiger partial charge in [-0.3, -0.25) is 9.59 Å².